The van der Waals surface area contributed by atoms with Gasteiger partial charge in [-0.3, -0.25) is 4.79 Å². The smallest absolute Gasteiger partial charge is 0.284 e. The Hall–Kier alpha value is -0.820. The molecule has 0 aliphatic carbocycles. The summed E-state index contributed by atoms with van der Waals surface area (Å²) in [7, 11) is 0. The van der Waals surface area contributed by atoms with Gasteiger partial charge in [0, 0.05) is 11.3 Å². The van der Waals surface area contributed by atoms with Crippen molar-refractivity contribution in [3.8, 4) is 9.85 Å². The Morgan fingerprint density at radius 2 is 1.80 bits per heavy atom. The Kier molecular flexibility index (Phi) is 4.34. The average molecular weight is 313 g/mol. The Morgan fingerprint density at radius 1 is 1.20 bits per heavy atom. The fraction of sp³-hybridized carbons (Fsp3) is 0.308. The second-order valence-electron chi connectivity index (χ2n) is 4.19. The Bertz CT molecular complexity index is 390. The molecular formula is C13H14IO+. The quantitative estimate of drug-likeness (QED) is 0.506. The maximum atomic E-state index is 11.5. The number of carbonyl (C=O) groups excluding carboxylic acids is 1. The highest BCUT2D eigenvalue weighted by Crippen LogP contribution is 2.12. The number of halogens is 1. The van der Waals surface area contributed by atoms with Gasteiger partial charge in [0.15, 0.2) is 3.93 Å². The van der Waals surface area contributed by atoms with Gasteiger partial charge in [-0.2, -0.15) is 0 Å². The first-order valence-electron chi connectivity index (χ1n) is 4.74. The Morgan fingerprint density at radius 3 is 2.33 bits per heavy atom. The third kappa shape index (κ3) is 4.48. The van der Waals surface area contributed by atoms with Gasteiger partial charge in [-0.25, -0.2) is 0 Å². The maximum Gasteiger partial charge on any atom is 0.420 e. The first kappa shape index (κ1) is 12.3. The van der Waals surface area contributed by atoms with Crippen LogP contribution in [-0.4, -0.2) is 5.78 Å². The van der Waals surface area contributed by atoms with Crippen LogP contribution >= 0.6 is 0 Å². The number of ketones is 1. The fourth-order valence-electron chi connectivity index (χ4n) is 0.786. The normalized spacial score (nSPS) is 10.3. The van der Waals surface area contributed by atoms with E-state index in [4.69, 9.17) is 0 Å². The van der Waals surface area contributed by atoms with Crippen molar-refractivity contribution in [3.05, 3.63) is 33.9 Å². The summed E-state index contributed by atoms with van der Waals surface area (Å²) >= 11 is -0.337. The summed E-state index contributed by atoms with van der Waals surface area (Å²) in [5, 5.41) is 0. The van der Waals surface area contributed by atoms with Gasteiger partial charge >= 0.3 is 21.2 Å². The van der Waals surface area contributed by atoms with E-state index in [0.29, 0.717) is 0 Å². The third-order valence-electron chi connectivity index (χ3n) is 1.73. The van der Waals surface area contributed by atoms with Crippen LogP contribution < -0.4 is 21.2 Å². The first-order valence-corrected chi connectivity index (χ1v) is 6.90. The van der Waals surface area contributed by atoms with Crippen molar-refractivity contribution in [1.82, 2.24) is 0 Å². The monoisotopic (exact) mass is 313 g/mol. The van der Waals surface area contributed by atoms with Gasteiger partial charge in [0.25, 0.3) is 0 Å². The molecule has 0 aromatic heterocycles. The van der Waals surface area contributed by atoms with Gasteiger partial charge in [0.1, 0.15) is 0 Å². The highest BCUT2D eigenvalue weighted by molar-refractivity contribution is 5.98. The lowest BCUT2D eigenvalue weighted by atomic mass is 9.92. The van der Waals surface area contributed by atoms with Gasteiger partial charge < -0.3 is 0 Å². The molecule has 0 aliphatic rings. The molecule has 1 rings (SSSR count). The summed E-state index contributed by atoms with van der Waals surface area (Å²) in [6.45, 7) is 5.68. The molecule has 1 aromatic carbocycles. The predicted octanol–water partition coefficient (Wildman–Crippen LogP) is -0.479. The molecule has 0 saturated heterocycles. The summed E-state index contributed by atoms with van der Waals surface area (Å²) in [6.07, 6.45) is 0. The molecule has 78 valence electrons. The van der Waals surface area contributed by atoms with Crippen molar-refractivity contribution in [1.29, 1.82) is 0 Å². The first-order chi connectivity index (χ1) is 7.00. The number of carbonyl (C=O) groups is 1. The van der Waals surface area contributed by atoms with Gasteiger partial charge in [0.2, 0.25) is 9.35 Å². The number of rotatable bonds is 1. The molecule has 0 bridgehead atoms. The zero-order valence-corrected chi connectivity index (χ0v) is 11.3. The molecular weight excluding hydrogens is 299 g/mol. The van der Waals surface area contributed by atoms with Crippen LogP contribution in [0.25, 0.3) is 0 Å². The van der Waals surface area contributed by atoms with Gasteiger partial charge in [0.05, 0.1) is 0 Å². The lowest BCUT2D eigenvalue weighted by Crippen LogP contribution is -3.59. The van der Waals surface area contributed by atoms with Crippen molar-refractivity contribution in [2.45, 2.75) is 20.8 Å². The minimum absolute atomic E-state index is 0.0260. The van der Waals surface area contributed by atoms with E-state index in [0.717, 1.165) is 0 Å². The van der Waals surface area contributed by atoms with Crippen molar-refractivity contribution >= 4 is 5.78 Å². The molecule has 1 nitrogen and oxygen atoms in total. The van der Waals surface area contributed by atoms with Crippen molar-refractivity contribution in [2.75, 3.05) is 0 Å². The minimum atomic E-state index is -0.340. The molecule has 0 atom stereocenters. The van der Waals surface area contributed by atoms with Gasteiger partial charge in [-0.1, -0.05) is 39.0 Å². The van der Waals surface area contributed by atoms with E-state index in [1.54, 1.807) is 0 Å². The van der Waals surface area contributed by atoms with Crippen LogP contribution in [0.1, 0.15) is 20.8 Å². The maximum absolute atomic E-state index is 11.5. The van der Waals surface area contributed by atoms with Crippen molar-refractivity contribution in [2.24, 2.45) is 5.41 Å². The van der Waals surface area contributed by atoms with Crippen LogP contribution in [0.5, 0.6) is 0 Å². The van der Waals surface area contributed by atoms with E-state index in [2.05, 4.69) is 22.0 Å². The molecule has 15 heavy (non-hydrogen) atoms. The highest BCUT2D eigenvalue weighted by Gasteiger charge is 2.20. The van der Waals surface area contributed by atoms with Crippen LogP contribution in [0.4, 0.5) is 0 Å². The second kappa shape index (κ2) is 5.32. The molecule has 1 aromatic rings. The van der Waals surface area contributed by atoms with Crippen LogP contribution in [-0.2, 0) is 4.79 Å². The number of benzene rings is 1. The standard InChI is InChI=1S/C13H14IO/c1-13(2,3)12(15)9-10-14-11-7-5-4-6-8-11/h4-8H,1-3H3/q+1. The third-order valence-corrected chi connectivity index (χ3v) is 3.61. The Balaban J connectivity index is 2.59. The van der Waals surface area contributed by atoms with E-state index in [1.807, 2.05) is 39.0 Å². The van der Waals surface area contributed by atoms with Crippen molar-refractivity contribution < 1.29 is 26.0 Å². The molecule has 0 fully saturated rings. The van der Waals surface area contributed by atoms with Gasteiger partial charge in [-0.15, -0.1) is 0 Å². The van der Waals surface area contributed by atoms with Crippen LogP contribution in [0.2, 0.25) is 0 Å². The van der Waals surface area contributed by atoms with Gasteiger partial charge in [-0.05, 0) is 12.1 Å². The minimum Gasteiger partial charge on any atom is -0.284 e. The van der Waals surface area contributed by atoms with E-state index in [-0.39, 0.29) is 32.4 Å². The summed E-state index contributed by atoms with van der Waals surface area (Å²) in [4.78, 5) is 11.5. The van der Waals surface area contributed by atoms with Crippen LogP contribution in [0.3, 0.4) is 0 Å². The predicted molar refractivity (Wildman–Crippen MR) is 57.4 cm³/mol. The number of hydrogen-bond acceptors (Lipinski definition) is 1. The second-order valence-corrected chi connectivity index (χ2v) is 6.51. The summed E-state index contributed by atoms with van der Waals surface area (Å²) in [6, 6.07) is 10.1. The summed E-state index contributed by atoms with van der Waals surface area (Å²) in [5.74, 6) is 2.76. The molecule has 0 amide bonds. The zero-order chi connectivity index (χ0) is 11.3. The van der Waals surface area contributed by atoms with E-state index < -0.39 is 0 Å². The van der Waals surface area contributed by atoms with Crippen LogP contribution in [0.15, 0.2) is 30.3 Å². The average Bonchev–Trinajstić information content (AvgIpc) is 2.18. The SMILES string of the molecule is CC(C)(C)C(=O)C#C[I+]c1ccccc1. The molecule has 0 saturated carbocycles. The number of hydrogen-bond donors (Lipinski definition) is 0. The number of Topliss-reactive ketones (excluding diaryl/α,β-unsaturated/α-hetero) is 1. The van der Waals surface area contributed by atoms with Crippen LogP contribution in [0, 0.1) is 18.8 Å². The zero-order valence-electron chi connectivity index (χ0n) is 9.17. The molecule has 0 unspecified atom stereocenters. The van der Waals surface area contributed by atoms with E-state index >= 15 is 0 Å². The van der Waals surface area contributed by atoms with E-state index in [9.17, 15) is 4.79 Å². The molecule has 0 N–H and O–H groups in total. The molecule has 0 spiro atoms. The molecule has 0 heterocycles. The molecule has 0 radical (unpaired) electrons. The van der Waals surface area contributed by atoms with E-state index in [1.165, 1.54) is 3.57 Å². The summed E-state index contributed by atoms with van der Waals surface area (Å²) < 4.78 is 4.27. The molecule has 0 aliphatic heterocycles. The molecule has 2 heteroatoms. The van der Waals surface area contributed by atoms with Crippen molar-refractivity contribution in [3.63, 3.8) is 0 Å². The topological polar surface area (TPSA) is 17.1 Å². The Labute approximate surface area is 102 Å². The summed E-state index contributed by atoms with van der Waals surface area (Å²) in [5.41, 5.74) is -0.340. The highest BCUT2D eigenvalue weighted by atomic mass is 127. The largest absolute Gasteiger partial charge is 0.420 e. The lowest BCUT2D eigenvalue weighted by Gasteiger charge is -2.09. The lowest BCUT2D eigenvalue weighted by molar-refractivity contribution is -0.535. The fourth-order valence-corrected chi connectivity index (χ4v) is 2.25.